The van der Waals surface area contributed by atoms with E-state index in [1.807, 2.05) is 37.4 Å². The average Bonchev–Trinajstić information content (AvgIpc) is 3.11. The summed E-state index contributed by atoms with van der Waals surface area (Å²) in [7, 11) is 0. The quantitative estimate of drug-likeness (QED) is 0.888. The maximum absolute atomic E-state index is 5.65. The highest BCUT2D eigenvalue weighted by Gasteiger charge is 2.19. The third kappa shape index (κ3) is 2.64. The molecule has 0 amide bonds. The predicted octanol–water partition coefficient (Wildman–Crippen LogP) is 4.14. The van der Waals surface area contributed by atoms with Crippen molar-refractivity contribution in [2.75, 3.05) is 11.9 Å². The monoisotopic (exact) mass is 271 g/mol. The molecular formula is C16H21N3O. The third-order valence-electron chi connectivity index (χ3n) is 3.82. The Balaban J connectivity index is 1.83. The van der Waals surface area contributed by atoms with E-state index >= 15 is 0 Å². The van der Waals surface area contributed by atoms with E-state index in [9.17, 15) is 0 Å². The van der Waals surface area contributed by atoms with Crippen molar-refractivity contribution in [2.24, 2.45) is 0 Å². The van der Waals surface area contributed by atoms with Crippen molar-refractivity contribution in [2.45, 2.75) is 38.6 Å². The van der Waals surface area contributed by atoms with Crippen molar-refractivity contribution < 1.29 is 4.74 Å². The number of imidazole rings is 1. The van der Waals surface area contributed by atoms with Crippen LogP contribution in [0.5, 0.6) is 5.75 Å². The number of ether oxygens (including phenoxy) is 1. The first-order valence-electron chi connectivity index (χ1n) is 7.40. The minimum absolute atomic E-state index is 0.583. The van der Waals surface area contributed by atoms with Crippen molar-refractivity contribution in [3.05, 3.63) is 36.7 Å². The lowest BCUT2D eigenvalue weighted by Gasteiger charge is -2.17. The molecule has 3 rings (SSSR count). The van der Waals surface area contributed by atoms with Gasteiger partial charge in [0.25, 0.3) is 0 Å². The summed E-state index contributed by atoms with van der Waals surface area (Å²) >= 11 is 0. The van der Waals surface area contributed by atoms with Gasteiger partial charge in [0.15, 0.2) is 0 Å². The largest absolute Gasteiger partial charge is 0.492 e. The summed E-state index contributed by atoms with van der Waals surface area (Å²) in [5.41, 5.74) is 0.972. The van der Waals surface area contributed by atoms with Gasteiger partial charge in [0, 0.05) is 18.4 Å². The highest BCUT2D eigenvalue weighted by molar-refractivity contribution is 5.62. The van der Waals surface area contributed by atoms with E-state index in [1.165, 1.54) is 25.7 Å². The van der Waals surface area contributed by atoms with Crippen LogP contribution in [0.25, 0.3) is 0 Å². The van der Waals surface area contributed by atoms with Crippen molar-refractivity contribution >= 4 is 11.6 Å². The molecule has 4 heteroatoms. The molecule has 0 spiro atoms. The lowest BCUT2D eigenvalue weighted by molar-refractivity contribution is 0.342. The van der Waals surface area contributed by atoms with Crippen LogP contribution in [0.2, 0.25) is 0 Å². The third-order valence-corrected chi connectivity index (χ3v) is 3.82. The summed E-state index contributed by atoms with van der Waals surface area (Å²) in [5, 5.41) is 3.41. The molecule has 0 aliphatic heterocycles. The second-order valence-electron chi connectivity index (χ2n) is 5.15. The molecule has 1 heterocycles. The fourth-order valence-electron chi connectivity index (χ4n) is 2.86. The number of anilines is 2. The standard InChI is InChI=1S/C16H21N3O/c1-2-20-15-10-6-5-9-14(15)18-16-17-11-12-19(16)13-7-3-4-8-13/h5-6,9-13H,2-4,7-8H2,1H3,(H,17,18). The van der Waals surface area contributed by atoms with Crippen LogP contribution < -0.4 is 10.1 Å². The van der Waals surface area contributed by atoms with E-state index in [0.717, 1.165) is 17.4 Å². The molecule has 0 radical (unpaired) electrons. The number of aromatic nitrogens is 2. The second kappa shape index (κ2) is 5.99. The first-order chi connectivity index (χ1) is 9.88. The molecule has 1 saturated carbocycles. The van der Waals surface area contributed by atoms with Crippen LogP contribution in [0.1, 0.15) is 38.6 Å². The fourth-order valence-corrected chi connectivity index (χ4v) is 2.86. The van der Waals surface area contributed by atoms with E-state index < -0.39 is 0 Å². The Morgan fingerprint density at radius 3 is 2.90 bits per heavy atom. The molecule has 0 saturated heterocycles. The summed E-state index contributed by atoms with van der Waals surface area (Å²) in [6, 6.07) is 8.58. The summed E-state index contributed by atoms with van der Waals surface area (Å²) in [6.45, 7) is 2.66. The fraction of sp³-hybridized carbons (Fsp3) is 0.438. The van der Waals surface area contributed by atoms with Gasteiger partial charge in [-0.1, -0.05) is 25.0 Å². The molecule has 1 fully saturated rings. The van der Waals surface area contributed by atoms with Gasteiger partial charge in [-0.3, -0.25) is 0 Å². The lowest BCUT2D eigenvalue weighted by atomic mass is 10.2. The maximum atomic E-state index is 5.65. The van der Waals surface area contributed by atoms with Crippen molar-refractivity contribution in [3.63, 3.8) is 0 Å². The zero-order valence-electron chi connectivity index (χ0n) is 11.9. The minimum atomic E-state index is 0.583. The van der Waals surface area contributed by atoms with Crippen molar-refractivity contribution in [1.29, 1.82) is 0 Å². The Kier molecular flexibility index (Phi) is 3.90. The number of hydrogen-bond acceptors (Lipinski definition) is 3. The highest BCUT2D eigenvalue weighted by atomic mass is 16.5. The minimum Gasteiger partial charge on any atom is -0.492 e. The van der Waals surface area contributed by atoms with Gasteiger partial charge < -0.3 is 14.6 Å². The van der Waals surface area contributed by atoms with Gasteiger partial charge in [0.1, 0.15) is 5.75 Å². The molecule has 4 nitrogen and oxygen atoms in total. The Bertz CT molecular complexity index is 558. The van der Waals surface area contributed by atoms with Crippen LogP contribution in [-0.4, -0.2) is 16.2 Å². The molecule has 1 aromatic heterocycles. The first-order valence-corrected chi connectivity index (χ1v) is 7.40. The van der Waals surface area contributed by atoms with E-state index in [0.29, 0.717) is 12.6 Å². The molecule has 0 atom stereocenters. The van der Waals surface area contributed by atoms with E-state index in [1.54, 1.807) is 0 Å². The second-order valence-corrected chi connectivity index (χ2v) is 5.15. The Hall–Kier alpha value is -1.97. The first kappa shape index (κ1) is 13.0. The number of nitrogens with zero attached hydrogens (tertiary/aromatic N) is 2. The van der Waals surface area contributed by atoms with Crippen LogP contribution in [0.4, 0.5) is 11.6 Å². The maximum Gasteiger partial charge on any atom is 0.207 e. The average molecular weight is 271 g/mol. The number of benzene rings is 1. The van der Waals surface area contributed by atoms with Crippen LogP contribution in [-0.2, 0) is 0 Å². The zero-order chi connectivity index (χ0) is 13.8. The molecule has 20 heavy (non-hydrogen) atoms. The predicted molar refractivity (Wildman–Crippen MR) is 80.6 cm³/mol. The molecule has 106 valence electrons. The molecule has 1 aromatic carbocycles. The van der Waals surface area contributed by atoms with Gasteiger partial charge >= 0.3 is 0 Å². The van der Waals surface area contributed by atoms with Crippen LogP contribution in [0, 0.1) is 0 Å². The van der Waals surface area contributed by atoms with Gasteiger partial charge in [-0.05, 0) is 31.9 Å². The van der Waals surface area contributed by atoms with Gasteiger partial charge in [-0.2, -0.15) is 0 Å². The Morgan fingerprint density at radius 2 is 2.10 bits per heavy atom. The van der Waals surface area contributed by atoms with Gasteiger partial charge in [0.2, 0.25) is 5.95 Å². The number of rotatable bonds is 5. The summed E-state index contributed by atoms with van der Waals surface area (Å²) in [5.74, 6) is 1.78. The van der Waals surface area contributed by atoms with E-state index in [4.69, 9.17) is 4.74 Å². The van der Waals surface area contributed by atoms with E-state index in [-0.39, 0.29) is 0 Å². The molecule has 0 unspecified atom stereocenters. The number of nitrogens with one attached hydrogen (secondary N) is 1. The van der Waals surface area contributed by atoms with Crippen LogP contribution >= 0.6 is 0 Å². The van der Waals surface area contributed by atoms with Gasteiger partial charge in [-0.15, -0.1) is 0 Å². The molecule has 1 aliphatic carbocycles. The summed E-state index contributed by atoms with van der Waals surface area (Å²) < 4.78 is 7.91. The normalized spacial score (nSPS) is 15.4. The highest BCUT2D eigenvalue weighted by Crippen LogP contribution is 2.33. The lowest BCUT2D eigenvalue weighted by Crippen LogP contribution is -2.08. The van der Waals surface area contributed by atoms with Gasteiger partial charge in [0.05, 0.1) is 12.3 Å². The van der Waals surface area contributed by atoms with Crippen molar-refractivity contribution in [1.82, 2.24) is 9.55 Å². The van der Waals surface area contributed by atoms with Crippen LogP contribution in [0.3, 0.4) is 0 Å². The Labute approximate surface area is 119 Å². The topological polar surface area (TPSA) is 39.1 Å². The zero-order valence-corrected chi connectivity index (χ0v) is 11.9. The molecule has 2 aromatic rings. The molecule has 1 N–H and O–H groups in total. The Morgan fingerprint density at radius 1 is 1.30 bits per heavy atom. The van der Waals surface area contributed by atoms with Crippen molar-refractivity contribution in [3.8, 4) is 5.75 Å². The summed E-state index contributed by atoms with van der Waals surface area (Å²) in [6.07, 6.45) is 9.07. The summed E-state index contributed by atoms with van der Waals surface area (Å²) in [4.78, 5) is 4.45. The number of para-hydroxylation sites is 2. The molecular weight excluding hydrogens is 250 g/mol. The smallest absolute Gasteiger partial charge is 0.207 e. The molecule has 1 aliphatic rings. The van der Waals surface area contributed by atoms with E-state index in [2.05, 4.69) is 21.1 Å². The molecule has 0 bridgehead atoms. The van der Waals surface area contributed by atoms with Crippen LogP contribution in [0.15, 0.2) is 36.7 Å². The van der Waals surface area contributed by atoms with Gasteiger partial charge in [-0.25, -0.2) is 4.98 Å². The SMILES string of the molecule is CCOc1ccccc1Nc1nccn1C1CCCC1. The number of hydrogen-bond donors (Lipinski definition) is 1.